The Labute approximate surface area is 103 Å². The van der Waals surface area contributed by atoms with Crippen LogP contribution in [0.4, 0.5) is 0 Å². The highest BCUT2D eigenvalue weighted by Gasteiger charge is 2.28. The third-order valence-electron chi connectivity index (χ3n) is 3.14. The molecule has 17 heavy (non-hydrogen) atoms. The average molecular weight is 244 g/mol. The van der Waals surface area contributed by atoms with Crippen molar-refractivity contribution in [1.29, 1.82) is 0 Å². The lowest BCUT2D eigenvalue weighted by Crippen LogP contribution is -2.43. The van der Waals surface area contributed by atoms with Gasteiger partial charge in [-0.25, -0.2) is 0 Å². The molecule has 5 heteroatoms. The molecule has 5 nitrogen and oxygen atoms in total. The molecule has 0 atom stereocenters. The summed E-state index contributed by atoms with van der Waals surface area (Å²) in [7, 11) is 0. The summed E-state index contributed by atoms with van der Waals surface area (Å²) >= 11 is 0. The van der Waals surface area contributed by atoms with Crippen LogP contribution in [-0.4, -0.2) is 42.9 Å². The standard InChI is InChI=1S/C12H24N2O3/c13-7-8-17-9-11(15)14-10-12(16)5-3-1-2-4-6-12/h16H,1-10,13H2,(H,14,15). The topological polar surface area (TPSA) is 84.6 Å². The first-order valence-corrected chi connectivity index (χ1v) is 6.43. The molecule has 1 aliphatic carbocycles. The van der Waals surface area contributed by atoms with E-state index in [1.54, 1.807) is 0 Å². The molecule has 1 saturated carbocycles. The number of ether oxygens (including phenoxy) is 1. The molecule has 100 valence electrons. The zero-order chi connectivity index (χ0) is 12.6. The fourth-order valence-electron chi connectivity index (χ4n) is 2.13. The second-order valence-corrected chi connectivity index (χ2v) is 4.76. The van der Waals surface area contributed by atoms with Crippen molar-refractivity contribution in [3.05, 3.63) is 0 Å². The van der Waals surface area contributed by atoms with Crippen LogP contribution in [0.25, 0.3) is 0 Å². The number of hydrogen-bond donors (Lipinski definition) is 3. The highest BCUT2D eigenvalue weighted by atomic mass is 16.5. The summed E-state index contributed by atoms with van der Waals surface area (Å²) in [5, 5.41) is 13.0. The maximum absolute atomic E-state index is 11.4. The van der Waals surface area contributed by atoms with Gasteiger partial charge in [0, 0.05) is 13.1 Å². The van der Waals surface area contributed by atoms with E-state index in [1.807, 2.05) is 0 Å². The number of rotatable bonds is 6. The van der Waals surface area contributed by atoms with E-state index in [2.05, 4.69) is 5.32 Å². The molecule has 0 unspecified atom stereocenters. The van der Waals surface area contributed by atoms with Gasteiger partial charge in [-0.15, -0.1) is 0 Å². The molecule has 1 aliphatic rings. The molecule has 0 spiro atoms. The van der Waals surface area contributed by atoms with E-state index in [0.29, 0.717) is 19.7 Å². The van der Waals surface area contributed by atoms with Crippen LogP contribution < -0.4 is 11.1 Å². The van der Waals surface area contributed by atoms with Crippen LogP contribution >= 0.6 is 0 Å². The van der Waals surface area contributed by atoms with Crippen LogP contribution in [0.5, 0.6) is 0 Å². The Morgan fingerprint density at radius 2 is 1.94 bits per heavy atom. The summed E-state index contributed by atoms with van der Waals surface area (Å²) in [6.45, 7) is 1.15. The van der Waals surface area contributed by atoms with Gasteiger partial charge >= 0.3 is 0 Å². The molecule has 0 saturated heterocycles. The largest absolute Gasteiger partial charge is 0.388 e. The lowest BCUT2D eigenvalue weighted by Gasteiger charge is -2.26. The Morgan fingerprint density at radius 3 is 2.53 bits per heavy atom. The van der Waals surface area contributed by atoms with Gasteiger partial charge in [0.25, 0.3) is 0 Å². The van der Waals surface area contributed by atoms with E-state index in [0.717, 1.165) is 25.7 Å². The van der Waals surface area contributed by atoms with Gasteiger partial charge in [-0.2, -0.15) is 0 Å². The first kappa shape index (κ1) is 14.4. The number of nitrogens with two attached hydrogens (primary N) is 1. The van der Waals surface area contributed by atoms with Crippen LogP contribution in [0.2, 0.25) is 0 Å². The molecule has 1 amide bonds. The minimum atomic E-state index is -0.722. The van der Waals surface area contributed by atoms with Crippen LogP contribution in [0, 0.1) is 0 Å². The molecule has 1 fully saturated rings. The zero-order valence-corrected chi connectivity index (χ0v) is 10.4. The molecule has 0 bridgehead atoms. The fraction of sp³-hybridized carbons (Fsp3) is 0.917. The SMILES string of the molecule is NCCOCC(=O)NCC1(O)CCCCCC1. The number of aliphatic hydroxyl groups is 1. The summed E-state index contributed by atoms with van der Waals surface area (Å²) in [4.78, 5) is 11.4. The minimum Gasteiger partial charge on any atom is -0.388 e. The van der Waals surface area contributed by atoms with E-state index >= 15 is 0 Å². The van der Waals surface area contributed by atoms with E-state index in [4.69, 9.17) is 10.5 Å². The van der Waals surface area contributed by atoms with E-state index < -0.39 is 5.60 Å². The first-order valence-electron chi connectivity index (χ1n) is 6.43. The van der Waals surface area contributed by atoms with E-state index in [9.17, 15) is 9.90 Å². The Hall–Kier alpha value is -0.650. The molecule has 0 radical (unpaired) electrons. The van der Waals surface area contributed by atoms with Gasteiger partial charge in [0.2, 0.25) is 5.91 Å². The summed E-state index contributed by atoms with van der Waals surface area (Å²) in [5.74, 6) is -0.184. The van der Waals surface area contributed by atoms with Crippen molar-refractivity contribution >= 4 is 5.91 Å². The summed E-state index contributed by atoms with van der Waals surface area (Å²) in [5.41, 5.74) is 4.53. The summed E-state index contributed by atoms with van der Waals surface area (Å²) < 4.78 is 5.02. The Balaban J connectivity index is 2.20. The Bertz CT molecular complexity index is 226. The van der Waals surface area contributed by atoms with E-state index in [1.165, 1.54) is 12.8 Å². The molecule has 0 aliphatic heterocycles. The number of amides is 1. The quantitative estimate of drug-likeness (QED) is 0.459. The van der Waals surface area contributed by atoms with Gasteiger partial charge in [-0.1, -0.05) is 25.7 Å². The Kier molecular flexibility index (Phi) is 6.47. The summed E-state index contributed by atoms with van der Waals surface area (Å²) in [6, 6.07) is 0. The van der Waals surface area contributed by atoms with Gasteiger partial charge in [0.05, 0.1) is 12.2 Å². The average Bonchev–Trinajstić information content (AvgIpc) is 2.53. The Morgan fingerprint density at radius 1 is 1.29 bits per heavy atom. The molecule has 0 heterocycles. The van der Waals surface area contributed by atoms with Gasteiger partial charge in [0.1, 0.15) is 6.61 Å². The van der Waals surface area contributed by atoms with Crippen molar-refractivity contribution in [2.24, 2.45) is 5.73 Å². The third-order valence-corrected chi connectivity index (χ3v) is 3.14. The molecule has 0 aromatic rings. The zero-order valence-electron chi connectivity index (χ0n) is 10.4. The van der Waals surface area contributed by atoms with Crippen molar-refractivity contribution in [2.75, 3.05) is 26.3 Å². The lowest BCUT2D eigenvalue weighted by atomic mass is 9.94. The molecule has 0 aromatic heterocycles. The van der Waals surface area contributed by atoms with Crippen molar-refractivity contribution in [3.63, 3.8) is 0 Å². The van der Waals surface area contributed by atoms with Crippen LogP contribution in [-0.2, 0) is 9.53 Å². The van der Waals surface area contributed by atoms with Crippen molar-refractivity contribution in [3.8, 4) is 0 Å². The van der Waals surface area contributed by atoms with Crippen LogP contribution in [0.1, 0.15) is 38.5 Å². The fourth-order valence-corrected chi connectivity index (χ4v) is 2.13. The number of hydrogen-bond acceptors (Lipinski definition) is 4. The number of carbonyl (C=O) groups excluding carboxylic acids is 1. The molecule has 0 aromatic carbocycles. The third kappa shape index (κ3) is 6.00. The maximum atomic E-state index is 11.4. The minimum absolute atomic E-state index is 0.0211. The van der Waals surface area contributed by atoms with Crippen molar-refractivity contribution < 1.29 is 14.6 Å². The highest BCUT2D eigenvalue weighted by Crippen LogP contribution is 2.26. The van der Waals surface area contributed by atoms with Gasteiger partial charge in [0.15, 0.2) is 0 Å². The maximum Gasteiger partial charge on any atom is 0.246 e. The smallest absolute Gasteiger partial charge is 0.246 e. The highest BCUT2D eigenvalue weighted by molar-refractivity contribution is 5.77. The number of carbonyl (C=O) groups is 1. The lowest BCUT2D eigenvalue weighted by molar-refractivity contribution is -0.127. The predicted molar refractivity (Wildman–Crippen MR) is 65.5 cm³/mol. The molecule has 4 N–H and O–H groups in total. The molecular weight excluding hydrogens is 220 g/mol. The molecular formula is C12H24N2O3. The van der Waals surface area contributed by atoms with Crippen LogP contribution in [0.3, 0.4) is 0 Å². The van der Waals surface area contributed by atoms with Crippen LogP contribution in [0.15, 0.2) is 0 Å². The second-order valence-electron chi connectivity index (χ2n) is 4.76. The van der Waals surface area contributed by atoms with Crippen molar-refractivity contribution in [1.82, 2.24) is 5.32 Å². The monoisotopic (exact) mass is 244 g/mol. The van der Waals surface area contributed by atoms with Gasteiger partial charge in [-0.3, -0.25) is 4.79 Å². The van der Waals surface area contributed by atoms with Crippen molar-refractivity contribution in [2.45, 2.75) is 44.1 Å². The van der Waals surface area contributed by atoms with Gasteiger partial charge < -0.3 is 20.9 Å². The second kappa shape index (κ2) is 7.63. The first-order chi connectivity index (χ1) is 8.16. The predicted octanol–water partition coefficient (Wildman–Crippen LogP) is 0.163. The number of nitrogens with one attached hydrogen (secondary N) is 1. The molecule has 1 rings (SSSR count). The van der Waals surface area contributed by atoms with E-state index in [-0.39, 0.29) is 12.5 Å². The van der Waals surface area contributed by atoms with Gasteiger partial charge in [-0.05, 0) is 12.8 Å². The summed E-state index contributed by atoms with van der Waals surface area (Å²) in [6.07, 6.45) is 5.98. The normalized spacial score (nSPS) is 19.6.